The van der Waals surface area contributed by atoms with Crippen LogP contribution in [0.5, 0.6) is 11.6 Å². The van der Waals surface area contributed by atoms with Crippen LogP contribution in [-0.4, -0.2) is 188 Å². The van der Waals surface area contributed by atoms with Crippen molar-refractivity contribution in [2.45, 2.75) is 144 Å². The molecular formula is C70H90N12O11S. The van der Waals surface area contributed by atoms with Gasteiger partial charge < -0.3 is 54.2 Å². The highest BCUT2D eigenvalue weighted by Crippen LogP contribution is 2.54. The molecule has 8 aliphatic rings. The van der Waals surface area contributed by atoms with E-state index < -0.39 is 48.7 Å². The van der Waals surface area contributed by atoms with Gasteiger partial charge >= 0.3 is 0 Å². The molecule has 2 saturated carbocycles. The van der Waals surface area contributed by atoms with Gasteiger partial charge in [-0.25, -0.2) is 18.1 Å². The third-order valence-electron chi connectivity index (χ3n) is 21.9. The molecule has 6 aliphatic heterocycles. The van der Waals surface area contributed by atoms with Gasteiger partial charge in [-0.05, 0) is 181 Å². The van der Waals surface area contributed by atoms with Gasteiger partial charge in [-0.15, -0.1) is 0 Å². The van der Waals surface area contributed by atoms with Crippen molar-refractivity contribution in [1.29, 1.82) is 0 Å². The second-order valence-electron chi connectivity index (χ2n) is 28.5. The minimum atomic E-state index is -4.66. The molecule has 9 heterocycles. The van der Waals surface area contributed by atoms with Gasteiger partial charge in [-0.2, -0.15) is 4.98 Å². The minimum Gasteiger partial charge on any atom is -0.493 e. The van der Waals surface area contributed by atoms with E-state index in [2.05, 4.69) is 68.7 Å². The first-order valence-corrected chi connectivity index (χ1v) is 35.4. The first kappa shape index (κ1) is 64.2. The van der Waals surface area contributed by atoms with E-state index in [1.807, 2.05) is 63.5 Å². The number of nitrogens with one attached hydrogen (secondary N) is 3. The third-order valence-corrected chi connectivity index (χ3v) is 23.2. The summed E-state index contributed by atoms with van der Waals surface area (Å²) in [5.41, 5.74) is 4.23. The smallest absolute Gasteiger partial charge is 0.293 e. The lowest BCUT2D eigenvalue weighted by atomic mass is 9.59. The van der Waals surface area contributed by atoms with Gasteiger partial charge in [0, 0.05) is 113 Å². The van der Waals surface area contributed by atoms with Crippen LogP contribution in [0.4, 0.5) is 34.3 Å². The van der Waals surface area contributed by atoms with Crippen molar-refractivity contribution < 1.29 is 47.3 Å². The SMILES string of the molecule is COc1cc(CN2CCC(N3CCN(C4CC5(CCN(c6ccc(C(=O)NS(=O)(=O)c7ccc(NCC8CCC(C)(O)CC8)c([N+](=O)[O-])c7)c(N7c8cc9cc[nH]c9nc8O[C@H]8COCC[C@@H]87)c6)CC5)C4)[C@H](c4ccccc4C(C)(C)O)C3)CC2)cnc1N1CCOCC1. The quantitative estimate of drug-likeness (QED) is 0.0422. The zero-order valence-corrected chi connectivity index (χ0v) is 55.3. The number of piperazine rings is 1. The van der Waals surface area contributed by atoms with E-state index in [9.17, 15) is 33.5 Å². The number of H-pyrrole nitrogens is 1. The van der Waals surface area contributed by atoms with Crippen LogP contribution >= 0.6 is 0 Å². The molecule has 94 heavy (non-hydrogen) atoms. The molecule has 502 valence electrons. The summed E-state index contributed by atoms with van der Waals surface area (Å²) >= 11 is 0. The molecule has 3 atom stereocenters. The monoisotopic (exact) mass is 1310 g/mol. The zero-order valence-electron chi connectivity index (χ0n) is 54.5. The predicted molar refractivity (Wildman–Crippen MR) is 359 cm³/mol. The number of anilines is 5. The number of pyridine rings is 2. The Morgan fingerprint density at radius 3 is 2.39 bits per heavy atom. The minimum absolute atomic E-state index is 0.0982. The maximum Gasteiger partial charge on any atom is 0.293 e. The lowest BCUT2D eigenvalue weighted by Gasteiger charge is -2.59. The van der Waals surface area contributed by atoms with Crippen molar-refractivity contribution in [3.8, 4) is 11.6 Å². The summed E-state index contributed by atoms with van der Waals surface area (Å²) in [7, 11) is -2.94. The number of nitrogens with zero attached hydrogens (tertiary/aromatic N) is 9. The standard InChI is InChI=1S/C70H90N12O11S/c1-68(2,84)55-8-6-5-7-53(55)61-44-79(49-16-24-76(25-17-49)43-47-35-62(90-4)65(73-42-47)78-30-33-91-34-31-78)28-29-80(61)51-39-70(40-51)21-26-77(27-22-70)50-9-11-54(58(37-50)81-57-18-32-92-45-63(57)93-67-60(81)36-48-15-23-71-64(48)74-67)66(83)75-94(88,89)52-10-12-56(59(38-52)82(86)87)72-41-46-13-19-69(3,85)20-14-46/h5-12,15,23,35-38,42,46,49,51,57,61,63,72,84-85H,13-14,16-22,24-34,39-41,43-45H2,1-4H3,(H,71,74)(H,75,83)/t46?,57-,61-,63-,69?/m0/s1. The number of carbonyl (C=O) groups is 1. The fourth-order valence-electron chi connectivity index (χ4n) is 16.5. The molecule has 0 unspecified atom stereocenters. The van der Waals surface area contributed by atoms with Crippen LogP contribution in [0.2, 0.25) is 0 Å². The van der Waals surface area contributed by atoms with Crippen molar-refractivity contribution in [1.82, 2.24) is 34.4 Å². The summed E-state index contributed by atoms with van der Waals surface area (Å²) in [5.74, 6) is 1.34. The molecular weight excluding hydrogens is 1220 g/mol. The van der Waals surface area contributed by atoms with Crippen molar-refractivity contribution in [2.24, 2.45) is 11.3 Å². The van der Waals surface area contributed by atoms with Crippen molar-refractivity contribution in [2.75, 3.05) is 119 Å². The van der Waals surface area contributed by atoms with Crippen LogP contribution in [0.25, 0.3) is 11.0 Å². The predicted octanol–water partition coefficient (Wildman–Crippen LogP) is 8.87. The number of methoxy groups -OCH3 is 1. The Morgan fingerprint density at radius 1 is 0.862 bits per heavy atom. The molecule has 2 aliphatic carbocycles. The number of aliphatic hydroxyl groups is 2. The van der Waals surface area contributed by atoms with E-state index in [0.29, 0.717) is 80.6 Å². The van der Waals surface area contributed by atoms with Gasteiger partial charge in [0.15, 0.2) is 11.6 Å². The largest absolute Gasteiger partial charge is 0.493 e. The topological polar surface area (TPSA) is 257 Å². The van der Waals surface area contributed by atoms with Crippen molar-refractivity contribution in [3.05, 3.63) is 124 Å². The van der Waals surface area contributed by atoms with Crippen LogP contribution in [0.15, 0.2) is 96.2 Å². The van der Waals surface area contributed by atoms with Gasteiger partial charge in [0.1, 0.15) is 23.1 Å². The molecule has 5 saturated heterocycles. The number of rotatable bonds is 17. The Kier molecular flexibility index (Phi) is 17.8. The first-order valence-electron chi connectivity index (χ1n) is 33.9. The summed E-state index contributed by atoms with van der Waals surface area (Å²) < 4.78 is 55.0. The van der Waals surface area contributed by atoms with Gasteiger partial charge in [0.25, 0.3) is 21.6 Å². The number of piperidine rings is 2. The highest BCUT2D eigenvalue weighted by Gasteiger charge is 2.51. The number of morpholine rings is 1. The number of likely N-dealkylation sites (tertiary alicyclic amines) is 1. The second kappa shape index (κ2) is 26.1. The van der Waals surface area contributed by atoms with Crippen LogP contribution < -0.4 is 34.2 Å². The second-order valence-corrected chi connectivity index (χ2v) is 30.2. The van der Waals surface area contributed by atoms with Gasteiger partial charge in [0.2, 0.25) is 5.88 Å². The Hall–Kier alpha value is -7.16. The molecule has 5 N–H and O–H groups in total. The number of nitro groups is 1. The number of fused-ring (bicyclic) bond motifs is 3. The molecule has 7 fully saturated rings. The van der Waals surface area contributed by atoms with E-state index in [0.717, 1.165) is 157 Å². The number of sulfonamides is 1. The Labute approximate surface area is 550 Å². The lowest BCUT2D eigenvalue weighted by Crippen LogP contribution is -2.61. The number of ether oxygens (including phenoxy) is 4. The van der Waals surface area contributed by atoms with Crippen LogP contribution in [-0.2, 0) is 31.6 Å². The molecule has 24 heteroatoms. The fraction of sp³-hybridized carbons (Fsp3) is 0.557. The molecule has 3 aromatic carbocycles. The Balaban J connectivity index is 0.680. The van der Waals surface area contributed by atoms with Crippen LogP contribution in [0, 0.1) is 21.4 Å². The summed E-state index contributed by atoms with van der Waals surface area (Å²) in [6.45, 7) is 17.0. The Morgan fingerprint density at radius 2 is 1.64 bits per heavy atom. The van der Waals surface area contributed by atoms with E-state index >= 15 is 0 Å². The number of nitro benzene ring substituents is 1. The van der Waals surface area contributed by atoms with Gasteiger partial charge in [0.05, 0.1) is 65.2 Å². The average Bonchev–Trinajstić information content (AvgIpc) is 0.946. The van der Waals surface area contributed by atoms with Gasteiger partial charge in [-0.3, -0.25) is 29.6 Å². The molecule has 1 spiro atoms. The maximum absolute atomic E-state index is 14.9. The van der Waals surface area contributed by atoms with E-state index in [1.54, 1.807) is 13.2 Å². The highest BCUT2D eigenvalue weighted by atomic mass is 32.2. The van der Waals surface area contributed by atoms with E-state index in [-0.39, 0.29) is 41.3 Å². The number of carbonyl (C=O) groups excluding carboxylic acids is 1. The number of aromatic nitrogens is 3. The number of hydrogen-bond acceptors (Lipinski definition) is 20. The molecule has 14 rings (SSSR count). The average molecular weight is 1310 g/mol. The van der Waals surface area contributed by atoms with Crippen molar-refractivity contribution in [3.63, 3.8) is 0 Å². The van der Waals surface area contributed by atoms with Crippen molar-refractivity contribution >= 4 is 61.2 Å². The molecule has 3 aromatic heterocycles. The van der Waals surface area contributed by atoms with Crippen LogP contribution in [0.1, 0.15) is 124 Å². The summed E-state index contributed by atoms with van der Waals surface area (Å²) in [4.78, 5) is 54.1. The molecule has 1 amide bonds. The molecule has 0 radical (unpaired) electrons. The molecule has 23 nitrogen and oxygen atoms in total. The highest BCUT2D eigenvalue weighted by molar-refractivity contribution is 7.90. The molecule has 0 bridgehead atoms. The number of benzene rings is 3. The van der Waals surface area contributed by atoms with E-state index in [4.69, 9.17) is 28.9 Å². The van der Waals surface area contributed by atoms with Crippen LogP contribution in [0.3, 0.4) is 0 Å². The summed E-state index contributed by atoms with van der Waals surface area (Å²) in [6.07, 6.45) is 12.9. The lowest BCUT2D eigenvalue weighted by molar-refractivity contribution is -0.384. The number of amides is 1. The molecule has 6 aromatic rings. The third kappa shape index (κ3) is 13.2. The van der Waals surface area contributed by atoms with Gasteiger partial charge in [-0.1, -0.05) is 24.3 Å². The first-order chi connectivity index (χ1) is 45.3. The Bertz CT molecular complexity index is 3860. The zero-order chi connectivity index (χ0) is 65.1. The summed E-state index contributed by atoms with van der Waals surface area (Å²) in [5, 5.41) is 38.6. The van der Waals surface area contributed by atoms with E-state index in [1.165, 1.54) is 17.7 Å². The maximum atomic E-state index is 14.9. The number of aromatic amines is 1. The fourth-order valence-corrected chi connectivity index (χ4v) is 17.5. The number of hydrogen-bond donors (Lipinski definition) is 5. The normalized spacial score (nSPS) is 25.1. The summed E-state index contributed by atoms with van der Waals surface area (Å²) in [6, 6.07) is 24.5.